The van der Waals surface area contributed by atoms with E-state index in [0.717, 1.165) is 26.7 Å². The Bertz CT molecular complexity index is 871. The van der Waals surface area contributed by atoms with Crippen LogP contribution in [0.15, 0.2) is 48.5 Å². The minimum atomic E-state index is 0.0529. The van der Waals surface area contributed by atoms with E-state index in [1.807, 2.05) is 39.3 Å². The Hall–Kier alpha value is -2.44. The van der Waals surface area contributed by atoms with E-state index in [9.17, 15) is 4.79 Å². The Balaban J connectivity index is 1.53. The summed E-state index contributed by atoms with van der Waals surface area (Å²) >= 11 is 1.71. The summed E-state index contributed by atoms with van der Waals surface area (Å²) in [7, 11) is 6.08. The van der Waals surface area contributed by atoms with Gasteiger partial charge in [-0.1, -0.05) is 24.3 Å². The molecular weight excluding hydrogens is 356 g/mol. The summed E-state index contributed by atoms with van der Waals surface area (Å²) < 4.78 is 1.19. The van der Waals surface area contributed by atoms with Gasteiger partial charge in [-0.3, -0.25) is 4.79 Å². The molecule has 5 nitrogen and oxygen atoms in total. The topological polar surface area (TPSA) is 49.7 Å². The van der Waals surface area contributed by atoms with Gasteiger partial charge in [0.1, 0.15) is 6.04 Å². The molecule has 3 rings (SSSR count). The minimum absolute atomic E-state index is 0.0529. The number of para-hydroxylation sites is 1. The number of benzene rings is 2. The molecule has 0 aliphatic carbocycles. The summed E-state index contributed by atoms with van der Waals surface area (Å²) in [6.07, 6.45) is 0. The van der Waals surface area contributed by atoms with E-state index in [4.69, 9.17) is 4.98 Å². The standard InChI is InChI=1S/C21H26N4OS/c1-15(21-23-18-7-5-6-8-19(18)27-21)25(4)14-20(26)22-13-16-9-11-17(12-10-16)24(2)3/h5-12,15H,13-14H2,1-4H3,(H,22,26)/p+1/t15-/m1/s1. The zero-order valence-electron chi connectivity index (χ0n) is 16.3. The molecule has 6 heteroatoms. The van der Waals surface area contributed by atoms with Gasteiger partial charge in [0.15, 0.2) is 11.6 Å². The van der Waals surface area contributed by atoms with Crippen molar-refractivity contribution in [2.24, 2.45) is 0 Å². The van der Waals surface area contributed by atoms with Crippen LogP contribution >= 0.6 is 11.3 Å². The quantitative estimate of drug-likeness (QED) is 0.658. The third kappa shape index (κ3) is 4.84. The lowest BCUT2D eigenvalue weighted by Gasteiger charge is -2.19. The number of hydrogen-bond donors (Lipinski definition) is 2. The van der Waals surface area contributed by atoms with Crippen molar-refractivity contribution in [2.75, 3.05) is 32.6 Å². The van der Waals surface area contributed by atoms with Gasteiger partial charge in [0.05, 0.1) is 17.3 Å². The molecule has 2 aromatic carbocycles. The van der Waals surface area contributed by atoms with Crippen LogP contribution in [-0.4, -0.2) is 38.6 Å². The highest BCUT2D eigenvalue weighted by Gasteiger charge is 2.21. The van der Waals surface area contributed by atoms with Crippen molar-refractivity contribution in [2.45, 2.75) is 19.5 Å². The van der Waals surface area contributed by atoms with E-state index < -0.39 is 0 Å². The van der Waals surface area contributed by atoms with Gasteiger partial charge in [-0.15, -0.1) is 11.3 Å². The molecule has 0 aliphatic heterocycles. The molecule has 1 amide bonds. The van der Waals surface area contributed by atoms with Crippen molar-refractivity contribution >= 4 is 33.1 Å². The van der Waals surface area contributed by atoms with Crippen molar-refractivity contribution in [3.63, 3.8) is 0 Å². The SMILES string of the molecule is C[C@H](c1nc2ccccc2s1)[NH+](C)CC(=O)NCc1ccc(N(C)C)cc1. The van der Waals surface area contributed by atoms with E-state index in [1.165, 1.54) is 4.70 Å². The van der Waals surface area contributed by atoms with Crippen LogP contribution in [-0.2, 0) is 11.3 Å². The van der Waals surface area contributed by atoms with Gasteiger partial charge in [-0.05, 0) is 36.8 Å². The molecule has 0 aliphatic rings. The maximum absolute atomic E-state index is 12.4. The first kappa shape index (κ1) is 19.3. The van der Waals surface area contributed by atoms with Gasteiger partial charge >= 0.3 is 0 Å². The van der Waals surface area contributed by atoms with E-state index in [-0.39, 0.29) is 11.9 Å². The second-order valence-corrected chi connectivity index (χ2v) is 8.16. The molecule has 2 atom stereocenters. The first-order valence-electron chi connectivity index (χ1n) is 9.15. The number of hydrogen-bond acceptors (Lipinski definition) is 4. The minimum Gasteiger partial charge on any atom is -0.378 e. The largest absolute Gasteiger partial charge is 0.378 e. The zero-order valence-corrected chi connectivity index (χ0v) is 17.1. The number of amides is 1. The van der Waals surface area contributed by atoms with Crippen molar-refractivity contribution in [3.05, 3.63) is 59.1 Å². The average Bonchev–Trinajstić information content (AvgIpc) is 3.10. The lowest BCUT2D eigenvalue weighted by Crippen LogP contribution is -3.10. The van der Waals surface area contributed by atoms with Gasteiger partial charge in [0.25, 0.3) is 5.91 Å². The smallest absolute Gasteiger partial charge is 0.275 e. The number of fused-ring (bicyclic) bond motifs is 1. The summed E-state index contributed by atoms with van der Waals surface area (Å²) in [5.41, 5.74) is 3.28. The highest BCUT2D eigenvalue weighted by Crippen LogP contribution is 2.24. The molecule has 0 fully saturated rings. The van der Waals surface area contributed by atoms with Crippen LogP contribution < -0.4 is 15.1 Å². The van der Waals surface area contributed by atoms with Gasteiger partial charge in [0.2, 0.25) is 0 Å². The molecule has 0 saturated carbocycles. The molecule has 1 heterocycles. The number of anilines is 1. The number of nitrogens with one attached hydrogen (secondary N) is 2. The van der Waals surface area contributed by atoms with Crippen LogP contribution in [0.1, 0.15) is 23.5 Å². The Morgan fingerprint density at radius 3 is 2.56 bits per heavy atom. The molecule has 0 spiro atoms. The molecule has 0 bridgehead atoms. The molecule has 27 heavy (non-hydrogen) atoms. The third-order valence-electron chi connectivity index (χ3n) is 4.80. The number of carbonyl (C=O) groups is 1. The Labute approximate surface area is 164 Å². The van der Waals surface area contributed by atoms with E-state index in [2.05, 4.69) is 47.5 Å². The molecule has 0 radical (unpaired) electrons. The number of aromatic nitrogens is 1. The number of thiazole rings is 1. The Morgan fingerprint density at radius 2 is 1.89 bits per heavy atom. The second kappa shape index (κ2) is 8.50. The second-order valence-electron chi connectivity index (χ2n) is 7.10. The van der Waals surface area contributed by atoms with E-state index >= 15 is 0 Å². The summed E-state index contributed by atoms with van der Waals surface area (Å²) in [6, 6.07) is 16.6. The summed E-state index contributed by atoms with van der Waals surface area (Å²) in [5.74, 6) is 0.0529. The fraction of sp³-hybridized carbons (Fsp3) is 0.333. The number of likely N-dealkylation sites (N-methyl/N-ethyl adjacent to an activating group) is 1. The highest BCUT2D eigenvalue weighted by atomic mass is 32.1. The molecule has 1 unspecified atom stereocenters. The number of nitrogens with zero attached hydrogens (tertiary/aromatic N) is 2. The predicted octanol–water partition coefficient (Wildman–Crippen LogP) is 2.25. The van der Waals surface area contributed by atoms with Gasteiger partial charge in [-0.25, -0.2) is 4.98 Å². The lowest BCUT2D eigenvalue weighted by molar-refractivity contribution is -0.902. The van der Waals surface area contributed by atoms with E-state index in [0.29, 0.717) is 13.1 Å². The summed E-state index contributed by atoms with van der Waals surface area (Å²) in [4.78, 5) is 20.3. The molecular formula is C21H27N4OS+. The first-order valence-corrected chi connectivity index (χ1v) is 9.96. The van der Waals surface area contributed by atoms with Crippen LogP contribution in [0.25, 0.3) is 10.2 Å². The van der Waals surface area contributed by atoms with Crippen LogP contribution in [0.5, 0.6) is 0 Å². The van der Waals surface area contributed by atoms with Crippen molar-refractivity contribution in [1.82, 2.24) is 10.3 Å². The van der Waals surface area contributed by atoms with Crippen molar-refractivity contribution < 1.29 is 9.69 Å². The zero-order chi connectivity index (χ0) is 19.4. The third-order valence-corrected chi connectivity index (χ3v) is 6.02. The van der Waals surface area contributed by atoms with Crippen LogP contribution in [0, 0.1) is 0 Å². The maximum Gasteiger partial charge on any atom is 0.275 e. The number of carbonyl (C=O) groups excluding carboxylic acids is 1. The molecule has 3 aromatic rings. The summed E-state index contributed by atoms with van der Waals surface area (Å²) in [5, 5.41) is 4.09. The Morgan fingerprint density at radius 1 is 1.19 bits per heavy atom. The maximum atomic E-state index is 12.4. The number of quaternary nitrogens is 1. The van der Waals surface area contributed by atoms with Crippen LogP contribution in [0.2, 0.25) is 0 Å². The van der Waals surface area contributed by atoms with Gasteiger partial charge in [0, 0.05) is 26.3 Å². The van der Waals surface area contributed by atoms with E-state index in [1.54, 1.807) is 11.3 Å². The van der Waals surface area contributed by atoms with Crippen LogP contribution in [0.3, 0.4) is 0 Å². The van der Waals surface area contributed by atoms with Crippen molar-refractivity contribution in [1.29, 1.82) is 0 Å². The first-order chi connectivity index (χ1) is 12.9. The fourth-order valence-corrected chi connectivity index (χ4v) is 3.98. The molecule has 142 valence electrons. The predicted molar refractivity (Wildman–Crippen MR) is 112 cm³/mol. The Kier molecular flexibility index (Phi) is 6.08. The van der Waals surface area contributed by atoms with Gasteiger partial charge in [-0.2, -0.15) is 0 Å². The normalized spacial score (nSPS) is 13.3. The number of rotatable bonds is 7. The summed E-state index contributed by atoms with van der Waals surface area (Å²) in [6.45, 7) is 3.10. The average molecular weight is 384 g/mol. The monoisotopic (exact) mass is 383 g/mol. The molecule has 2 N–H and O–H groups in total. The van der Waals surface area contributed by atoms with Gasteiger partial charge < -0.3 is 15.1 Å². The van der Waals surface area contributed by atoms with Crippen molar-refractivity contribution in [3.8, 4) is 0 Å². The fourth-order valence-electron chi connectivity index (χ4n) is 2.87. The molecule has 1 aromatic heterocycles. The highest BCUT2D eigenvalue weighted by molar-refractivity contribution is 7.18. The van der Waals surface area contributed by atoms with Crippen LogP contribution in [0.4, 0.5) is 5.69 Å². The lowest BCUT2D eigenvalue weighted by atomic mass is 10.2. The molecule has 0 saturated heterocycles.